The molecule has 0 aliphatic carbocycles. The predicted octanol–water partition coefficient (Wildman–Crippen LogP) is 2.68. The second-order valence-electron chi connectivity index (χ2n) is 7.30. The number of aromatic hydroxyl groups is 1. The molecule has 0 unspecified atom stereocenters. The topological polar surface area (TPSA) is 87.6 Å². The minimum Gasteiger partial charge on any atom is -0.505 e. The third-order valence-electron chi connectivity index (χ3n) is 5.09. The number of pyridine rings is 2. The van der Waals surface area contributed by atoms with Gasteiger partial charge in [-0.1, -0.05) is 23.7 Å². The molecule has 0 bridgehead atoms. The Morgan fingerprint density at radius 3 is 2.67 bits per heavy atom. The highest BCUT2D eigenvalue weighted by molar-refractivity contribution is 6.30. The Kier molecular flexibility index (Phi) is 6.42. The fraction of sp³-hybridized carbons (Fsp3) is 0.318. The summed E-state index contributed by atoms with van der Waals surface area (Å²) in [7, 11) is 0. The van der Waals surface area contributed by atoms with Crippen LogP contribution in [0.15, 0.2) is 42.7 Å². The molecule has 1 fully saturated rings. The van der Waals surface area contributed by atoms with Crippen molar-refractivity contribution in [3.05, 3.63) is 64.6 Å². The molecular weight excluding hydrogens is 404 g/mol. The maximum atomic E-state index is 12.3. The molecule has 30 heavy (non-hydrogen) atoms. The van der Waals surface area contributed by atoms with Crippen molar-refractivity contribution in [1.82, 2.24) is 20.2 Å². The Hall–Kier alpha value is -2.74. The molecule has 0 atom stereocenters. The largest absolute Gasteiger partial charge is 0.505 e. The van der Waals surface area contributed by atoms with Crippen molar-refractivity contribution in [2.24, 2.45) is 0 Å². The van der Waals surface area contributed by atoms with E-state index >= 15 is 0 Å². The lowest BCUT2D eigenvalue weighted by Crippen LogP contribution is -2.35. The lowest BCUT2D eigenvalue weighted by molar-refractivity contribution is -0.120. The zero-order valence-electron chi connectivity index (χ0n) is 16.5. The summed E-state index contributed by atoms with van der Waals surface area (Å²) in [6.07, 6.45) is 3.38. The van der Waals surface area contributed by atoms with Crippen molar-refractivity contribution in [2.75, 3.05) is 26.3 Å². The summed E-state index contributed by atoms with van der Waals surface area (Å²) in [5, 5.41) is 14.8. The van der Waals surface area contributed by atoms with Crippen LogP contribution < -0.4 is 5.32 Å². The van der Waals surface area contributed by atoms with Crippen molar-refractivity contribution in [1.29, 1.82) is 0 Å². The lowest BCUT2D eigenvalue weighted by atomic mass is 10.1. The Labute approximate surface area is 179 Å². The molecule has 0 spiro atoms. The minimum atomic E-state index is -0.218. The van der Waals surface area contributed by atoms with Crippen molar-refractivity contribution >= 4 is 28.4 Å². The number of aromatic nitrogens is 2. The van der Waals surface area contributed by atoms with Crippen LogP contribution in [0.5, 0.6) is 5.75 Å². The number of nitrogens with zero attached hydrogens (tertiary/aromatic N) is 3. The van der Waals surface area contributed by atoms with Crippen LogP contribution in [0.3, 0.4) is 0 Å². The standard InChI is InChI=1S/C22H23ClN4O3/c23-17-3-1-15(2-4-17)11-26-21(28)10-19-22(29)18-9-16(12-24-20(18)13-25-19)14-27-5-7-30-8-6-27/h1-4,9,12-13,29H,5-8,10-11,14H2,(H,26,28). The average molecular weight is 427 g/mol. The molecule has 7 nitrogen and oxygen atoms in total. The van der Waals surface area contributed by atoms with Crippen molar-refractivity contribution in [2.45, 2.75) is 19.5 Å². The first kappa shape index (κ1) is 20.5. The van der Waals surface area contributed by atoms with E-state index in [2.05, 4.69) is 20.2 Å². The van der Waals surface area contributed by atoms with Crippen LogP contribution in [0.4, 0.5) is 0 Å². The molecule has 1 aliphatic heterocycles. The number of carbonyl (C=O) groups excluding carboxylic acids is 1. The molecule has 3 heterocycles. The molecule has 156 valence electrons. The van der Waals surface area contributed by atoms with Crippen LogP contribution in [-0.4, -0.2) is 52.2 Å². The molecule has 2 aromatic heterocycles. The van der Waals surface area contributed by atoms with Crippen molar-refractivity contribution < 1.29 is 14.6 Å². The fourth-order valence-electron chi connectivity index (χ4n) is 3.42. The Bertz CT molecular complexity index is 1040. The van der Waals surface area contributed by atoms with Crippen molar-refractivity contribution in [3.63, 3.8) is 0 Å². The number of morpholine rings is 1. The molecule has 1 aliphatic rings. The van der Waals surface area contributed by atoms with E-state index in [4.69, 9.17) is 16.3 Å². The van der Waals surface area contributed by atoms with Gasteiger partial charge in [0.25, 0.3) is 0 Å². The number of benzene rings is 1. The summed E-state index contributed by atoms with van der Waals surface area (Å²) in [5.41, 5.74) is 2.88. The zero-order valence-corrected chi connectivity index (χ0v) is 17.2. The van der Waals surface area contributed by atoms with Crippen molar-refractivity contribution in [3.8, 4) is 5.75 Å². The van der Waals surface area contributed by atoms with Crippen LogP contribution in [0.1, 0.15) is 16.8 Å². The van der Waals surface area contributed by atoms with Gasteiger partial charge in [0.05, 0.1) is 37.0 Å². The summed E-state index contributed by atoms with van der Waals surface area (Å²) in [6, 6.07) is 9.19. The lowest BCUT2D eigenvalue weighted by Gasteiger charge is -2.26. The molecule has 3 aromatic rings. The first-order chi connectivity index (χ1) is 14.6. The normalized spacial score (nSPS) is 14.7. The first-order valence-corrected chi connectivity index (χ1v) is 10.2. The van der Waals surface area contributed by atoms with E-state index in [1.165, 1.54) is 0 Å². The van der Waals surface area contributed by atoms with Crippen LogP contribution in [-0.2, 0) is 29.0 Å². The highest BCUT2D eigenvalue weighted by Crippen LogP contribution is 2.27. The van der Waals surface area contributed by atoms with Gasteiger partial charge in [0.1, 0.15) is 5.75 Å². The van der Waals surface area contributed by atoms with Gasteiger partial charge in [-0.3, -0.25) is 19.7 Å². The van der Waals surface area contributed by atoms with Crippen LogP contribution in [0.2, 0.25) is 5.02 Å². The van der Waals surface area contributed by atoms with Crippen LogP contribution in [0.25, 0.3) is 10.9 Å². The Morgan fingerprint density at radius 1 is 1.13 bits per heavy atom. The van der Waals surface area contributed by atoms with E-state index in [0.29, 0.717) is 28.2 Å². The Morgan fingerprint density at radius 2 is 1.90 bits per heavy atom. The monoisotopic (exact) mass is 426 g/mol. The Balaban J connectivity index is 1.44. The summed E-state index contributed by atoms with van der Waals surface area (Å²) < 4.78 is 5.38. The van der Waals surface area contributed by atoms with E-state index in [1.807, 2.05) is 18.2 Å². The molecule has 2 N–H and O–H groups in total. The minimum absolute atomic E-state index is 0.00507. The van der Waals surface area contributed by atoms with E-state index < -0.39 is 0 Å². The fourth-order valence-corrected chi connectivity index (χ4v) is 3.54. The van der Waals surface area contributed by atoms with E-state index in [1.54, 1.807) is 24.5 Å². The maximum absolute atomic E-state index is 12.3. The number of ether oxygens (including phenoxy) is 1. The average Bonchev–Trinajstić information content (AvgIpc) is 2.76. The van der Waals surface area contributed by atoms with Gasteiger partial charge in [0.2, 0.25) is 5.91 Å². The number of nitrogens with one attached hydrogen (secondary N) is 1. The van der Waals surface area contributed by atoms with Crippen LogP contribution in [0, 0.1) is 0 Å². The molecule has 1 amide bonds. The second-order valence-corrected chi connectivity index (χ2v) is 7.73. The van der Waals surface area contributed by atoms with Gasteiger partial charge in [-0.15, -0.1) is 0 Å². The molecule has 4 rings (SSSR count). The highest BCUT2D eigenvalue weighted by Gasteiger charge is 2.15. The molecule has 1 saturated heterocycles. The smallest absolute Gasteiger partial charge is 0.226 e. The number of amides is 1. The number of hydrogen-bond donors (Lipinski definition) is 2. The maximum Gasteiger partial charge on any atom is 0.226 e. The van der Waals surface area contributed by atoms with E-state index in [9.17, 15) is 9.90 Å². The van der Waals surface area contributed by atoms with Gasteiger partial charge in [0.15, 0.2) is 0 Å². The first-order valence-electron chi connectivity index (χ1n) is 9.85. The predicted molar refractivity (Wildman–Crippen MR) is 114 cm³/mol. The van der Waals surface area contributed by atoms with Crippen LogP contribution >= 0.6 is 11.6 Å². The van der Waals surface area contributed by atoms with Gasteiger partial charge in [0, 0.05) is 42.8 Å². The number of carbonyl (C=O) groups is 1. The summed E-state index contributed by atoms with van der Waals surface area (Å²) >= 11 is 5.88. The zero-order chi connectivity index (χ0) is 20.9. The number of halogens is 1. The van der Waals surface area contributed by atoms with E-state index in [0.717, 1.165) is 44.0 Å². The molecule has 0 saturated carbocycles. The molecular formula is C22H23ClN4O3. The van der Waals surface area contributed by atoms with Gasteiger partial charge in [-0.25, -0.2) is 0 Å². The number of rotatable bonds is 6. The highest BCUT2D eigenvalue weighted by atomic mass is 35.5. The molecule has 0 radical (unpaired) electrons. The van der Waals surface area contributed by atoms with Gasteiger partial charge < -0.3 is 15.2 Å². The van der Waals surface area contributed by atoms with Gasteiger partial charge in [-0.2, -0.15) is 0 Å². The molecule has 1 aromatic carbocycles. The summed E-state index contributed by atoms with van der Waals surface area (Å²) in [6.45, 7) is 4.33. The quantitative estimate of drug-likeness (QED) is 0.630. The summed E-state index contributed by atoms with van der Waals surface area (Å²) in [5.74, 6) is -0.213. The SMILES string of the molecule is O=C(Cc1ncc2ncc(CN3CCOCC3)cc2c1O)NCc1ccc(Cl)cc1. The summed E-state index contributed by atoms with van der Waals surface area (Å²) in [4.78, 5) is 23.3. The number of hydrogen-bond acceptors (Lipinski definition) is 6. The molecule has 8 heteroatoms. The van der Waals surface area contributed by atoms with Gasteiger partial charge in [-0.05, 0) is 29.3 Å². The van der Waals surface area contributed by atoms with Gasteiger partial charge >= 0.3 is 0 Å². The van der Waals surface area contributed by atoms with E-state index in [-0.39, 0.29) is 18.1 Å². The third-order valence-corrected chi connectivity index (χ3v) is 5.34. The second kappa shape index (κ2) is 9.38. The third kappa shape index (κ3) is 5.05. The number of fused-ring (bicyclic) bond motifs is 1.